The Kier molecular flexibility index (Phi) is 5.50. The van der Waals surface area contributed by atoms with Crippen molar-refractivity contribution >= 4 is 21.6 Å². The molecule has 0 aromatic heterocycles. The molecule has 3 heteroatoms. The van der Waals surface area contributed by atoms with Crippen LogP contribution in [0.15, 0.2) is 16.6 Å². The van der Waals surface area contributed by atoms with Gasteiger partial charge in [-0.3, -0.25) is 0 Å². The summed E-state index contributed by atoms with van der Waals surface area (Å²) in [5.74, 6) is 0.750. The number of rotatable bonds is 3. The van der Waals surface area contributed by atoms with E-state index in [9.17, 15) is 0 Å². The van der Waals surface area contributed by atoms with Crippen LogP contribution in [0.25, 0.3) is 0 Å². The van der Waals surface area contributed by atoms with Crippen LogP contribution < -0.4 is 10.2 Å². The van der Waals surface area contributed by atoms with Crippen molar-refractivity contribution in [2.24, 2.45) is 5.92 Å². The molecular formula is C17H27BrN2. The normalized spacial score (nSPS) is 20.3. The predicted octanol–water partition coefficient (Wildman–Crippen LogP) is 4.28. The summed E-state index contributed by atoms with van der Waals surface area (Å²) in [7, 11) is 0. The zero-order valence-corrected chi connectivity index (χ0v) is 14.8. The van der Waals surface area contributed by atoms with Gasteiger partial charge < -0.3 is 10.2 Å². The van der Waals surface area contributed by atoms with Gasteiger partial charge in [-0.25, -0.2) is 0 Å². The molecule has 1 aliphatic heterocycles. The van der Waals surface area contributed by atoms with E-state index in [0.717, 1.165) is 25.6 Å². The Morgan fingerprint density at radius 2 is 1.95 bits per heavy atom. The largest absolute Gasteiger partial charge is 0.369 e. The molecule has 2 nitrogen and oxygen atoms in total. The Morgan fingerprint density at radius 3 is 2.55 bits per heavy atom. The van der Waals surface area contributed by atoms with Crippen molar-refractivity contribution < 1.29 is 0 Å². The Labute approximate surface area is 132 Å². The lowest BCUT2D eigenvalue weighted by Crippen LogP contribution is -2.39. The van der Waals surface area contributed by atoms with Crippen molar-refractivity contribution in [1.29, 1.82) is 0 Å². The Morgan fingerprint density at radius 1 is 1.30 bits per heavy atom. The second-order valence-electron chi connectivity index (χ2n) is 6.47. The molecule has 0 radical (unpaired) electrons. The molecule has 1 heterocycles. The summed E-state index contributed by atoms with van der Waals surface area (Å²) in [6.45, 7) is 12.5. The number of hydrogen-bond donors (Lipinski definition) is 1. The first-order valence-electron chi connectivity index (χ1n) is 7.72. The molecule has 112 valence electrons. The molecule has 1 aliphatic rings. The fourth-order valence-electron chi connectivity index (χ4n) is 3.33. The number of nitrogens with one attached hydrogen (secondary N) is 1. The first kappa shape index (κ1) is 15.8. The smallest absolute Gasteiger partial charge is 0.0426 e. The van der Waals surface area contributed by atoms with Gasteiger partial charge >= 0.3 is 0 Å². The minimum atomic E-state index is 0.611. The van der Waals surface area contributed by atoms with E-state index in [1.54, 1.807) is 0 Å². The maximum atomic E-state index is 3.71. The lowest BCUT2D eigenvalue weighted by molar-refractivity contribution is 0.436. The highest BCUT2D eigenvalue weighted by molar-refractivity contribution is 9.10. The third-order valence-corrected chi connectivity index (χ3v) is 4.46. The molecule has 2 rings (SSSR count). The first-order chi connectivity index (χ1) is 9.47. The fourth-order valence-corrected chi connectivity index (χ4v) is 4.02. The molecular weight excluding hydrogens is 312 g/mol. The summed E-state index contributed by atoms with van der Waals surface area (Å²) in [4.78, 5) is 2.59. The van der Waals surface area contributed by atoms with E-state index in [4.69, 9.17) is 0 Å². The lowest BCUT2D eigenvalue weighted by atomic mass is 10.0. The minimum Gasteiger partial charge on any atom is -0.369 e. The highest BCUT2D eigenvalue weighted by atomic mass is 79.9. The lowest BCUT2D eigenvalue weighted by Gasteiger charge is -2.30. The van der Waals surface area contributed by atoms with Gasteiger partial charge in [0.15, 0.2) is 0 Å². The van der Waals surface area contributed by atoms with Crippen LogP contribution in [0.5, 0.6) is 0 Å². The van der Waals surface area contributed by atoms with Gasteiger partial charge in [-0.15, -0.1) is 0 Å². The molecule has 0 aliphatic carbocycles. The van der Waals surface area contributed by atoms with E-state index in [0.29, 0.717) is 6.04 Å². The van der Waals surface area contributed by atoms with Crippen LogP contribution in [0.1, 0.15) is 37.8 Å². The Bertz CT molecular complexity index is 433. The summed E-state index contributed by atoms with van der Waals surface area (Å²) < 4.78 is 1.18. The van der Waals surface area contributed by atoms with E-state index in [-0.39, 0.29) is 0 Å². The molecule has 0 saturated carbocycles. The Balaban J connectivity index is 2.22. The van der Waals surface area contributed by atoms with Gasteiger partial charge in [-0.1, -0.05) is 29.8 Å². The molecule has 1 aromatic rings. The van der Waals surface area contributed by atoms with Crippen LogP contribution in [0.4, 0.5) is 5.69 Å². The second kappa shape index (κ2) is 6.95. The Hall–Kier alpha value is -0.540. The summed E-state index contributed by atoms with van der Waals surface area (Å²) >= 11 is 3.60. The van der Waals surface area contributed by atoms with E-state index in [2.05, 4.69) is 66.0 Å². The van der Waals surface area contributed by atoms with Crippen molar-refractivity contribution in [2.75, 3.05) is 24.5 Å². The number of anilines is 1. The fraction of sp³-hybridized carbons (Fsp3) is 0.647. The molecule has 1 aromatic carbocycles. The van der Waals surface area contributed by atoms with Crippen molar-refractivity contribution in [3.63, 3.8) is 0 Å². The van der Waals surface area contributed by atoms with Crippen molar-refractivity contribution in [1.82, 2.24) is 5.32 Å². The highest BCUT2D eigenvalue weighted by Gasteiger charge is 2.21. The SMILES string of the molecule is Cc1cc(Br)cc(C)c1N1CCCNC(CC(C)C)C1. The average Bonchev–Trinajstić information content (AvgIpc) is 2.52. The maximum Gasteiger partial charge on any atom is 0.0426 e. The van der Waals surface area contributed by atoms with Crippen LogP contribution >= 0.6 is 15.9 Å². The zero-order valence-electron chi connectivity index (χ0n) is 13.2. The number of aryl methyl sites for hydroxylation is 2. The van der Waals surface area contributed by atoms with Crippen molar-refractivity contribution in [3.05, 3.63) is 27.7 Å². The number of nitrogens with zero attached hydrogens (tertiary/aromatic N) is 1. The van der Waals surface area contributed by atoms with E-state index in [1.807, 2.05) is 0 Å². The molecule has 0 amide bonds. The topological polar surface area (TPSA) is 15.3 Å². The van der Waals surface area contributed by atoms with Gasteiger partial charge in [0.25, 0.3) is 0 Å². The summed E-state index contributed by atoms with van der Waals surface area (Å²) in [5.41, 5.74) is 4.19. The van der Waals surface area contributed by atoms with Gasteiger partial charge in [0.1, 0.15) is 0 Å². The molecule has 1 fully saturated rings. The maximum absolute atomic E-state index is 3.71. The standard InChI is InChI=1S/C17H27BrN2/c1-12(2)8-16-11-20(7-5-6-19-16)17-13(3)9-15(18)10-14(17)4/h9-10,12,16,19H,5-8,11H2,1-4H3. The third-order valence-electron chi connectivity index (χ3n) is 4.01. The van der Waals surface area contributed by atoms with E-state index < -0.39 is 0 Å². The predicted molar refractivity (Wildman–Crippen MR) is 91.7 cm³/mol. The molecule has 0 bridgehead atoms. The van der Waals surface area contributed by atoms with Gasteiger partial charge in [0, 0.05) is 29.3 Å². The monoisotopic (exact) mass is 338 g/mol. The second-order valence-corrected chi connectivity index (χ2v) is 7.38. The van der Waals surface area contributed by atoms with E-state index >= 15 is 0 Å². The molecule has 20 heavy (non-hydrogen) atoms. The van der Waals surface area contributed by atoms with Crippen LogP contribution in [-0.4, -0.2) is 25.7 Å². The van der Waals surface area contributed by atoms with Crippen molar-refractivity contribution in [2.45, 2.75) is 46.6 Å². The number of benzene rings is 1. The van der Waals surface area contributed by atoms with Gasteiger partial charge in [-0.05, 0) is 62.4 Å². The van der Waals surface area contributed by atoms with Crippen LogP contribution in [0.2, 0.25) is 0 Å². The molecule has 0 spiro atoms. The molecule has 1 saturated heterocycles. The molecule has 1 atom stereocenters. The highest BCUT2D eigenvalue weighted by Crippen LogP contribution is 2.29. The van der Waals surface area contributed by atoms with Gasteiger partial charge in [0.05, 0.1) is 0 Å². The quantitative estimate of drug-likeness (QED) is 0.884. The minimum absolute atomic E-state index is 0.611. The number of hydrogen-bond acceptors (Lipinski definition) is 2. The number of halogens is 1. The van der Waals surface area contributed by atoms with Crippen LogP contribution in [0.3, 0.4) is 0 Å². The zero-order chi connectivity index (χ0) is 14.7. The first-order valence-corrected chi connectivity index (χ1v) is 8.51. The van der Waals surface area contributed by atoms with Crippen molar-refractivity contribution in [3.8, 4) is 0 Å². The molecule has 1 unspecified atom stereocenters. The van der Waals surface area contributed by atoms with Crippen LogP contribution in [-0.2, 0) is 0 Å². The average molecular weight is 339 g/mol. The molecule has 1 N–H and O–H groups in total. The van der Waals surface area contributed by atoms with E-state index in [1.165, 1.54) is 34.1 Å². The summed E-state index contributed by atoms with van der Waals surface area (Å²) in [6, 6.07) is 5.08. The summed E-state index contributed by atoms with van der Waals surface area (Å²) in [5, 5.41) is 3.71. The third kappa shape index (κ3) is 3.98. The summed E-state index contributed by atoms with van der Waals surface area (Å²) in [6.07, 6.45) is 2.48. The van der Waals surface area contributed by atoms with Gasteiger partial charge in [-0.2, -0.15) is 0 Å². The van der Waals surface area contributed by atoms with Crippen LogP contribution in [0, 0.1) is 19.8 Å². The van der Waals surface area contributed by atoms with Gasteiger partial charge in [0.2, 0.25) is 0 Å².